The molecule has 19 heavy (non-hydrogen) atoms. The Morgan fingerprint density at radius 3 is 2.63 bits per heavy atom. The van der Waals surface area contributed by atoms with Gasteiger partial charge in [0.2, 0.25) is 0 Å². The molecule has 0 aliphatic rings. The van der Waals surface area contributed by atoms with Gasteiger partial charge in [0.05, 0.1) is 12.8 Å². The van der Waals surface area contributed by atoms with Crippen molar-refractivity contribution in [2.24, 2.45) is 0 Å². The van der Waals surface area contributed by atoms with Crippen molar-refractivity contribution in [3.8, 4) is 17.0 Å². The number of aryl methyl sites for hydroxylation is 1. The number of ether oxygens (including phenoxy) is 1. The van der Waals surface area contributed by atoms with E-state index in [1.807, 2.05) is 18.2 Å². The highest BCUT2D eigenvalue weighted by atomic mass is 79.9. The summed E-state index contributed by atoms with van der Waals surface area (Å²) in [5, 5.41) is 16.6. The van der Waals surface area contributed by atoms with Gasteiger partial charge in [-0.1, -0.05) is 15.9 Å². The number of aromatic nitrogens is 2. The van der Waals surface area contributed by atoms with E-state index in [0.717, 1.165) is 10.0 Å². The number of benzene rings is 1. The molecule has 5 nitrogen and oxygen atoms in total. The van der Waals surface area contributed by atoms with Crippen LogP contribution in [0.25, 0.3) is 11.3 Å². The van der Waals surface area contributed by atoms with E-state index in [4.69, 9.17) is 9.84 Å². The molecule has 98 valence electrons. The first-order chi connectivity index (χ1) is 9.02. The number of aromatic carboxylic acids is 1. The molecule has 1 aromatic carbocycles. The molecule has 0 unspecified atom stereocenters. The average Bonchev–Trinajstić information content (AvgIpc) is 2.38. The smallest absolute Gasteiger partial charge is 0.356 e. The lowest BCUT2D eigenvalue weighted by Crippen LogP contribution is -2.06. The van der Waals surface area contributed by atoms with E-state index in [0.29, 0.717) is 17.0 Å². The number of carboxylic acid groups (broad SMARTS) is 1. The lowest BCUT2D eigenvalue weighted by molar-refractivity contribution is 0.0688. The van der Waals surface area contributed by atoms with Crippen LogP contribution in [0.3, 0.4) is 0 Å². The highest BCUT2D eigenvalue weighted by Gasteiger charge is 2.14. The third-order valence-corrected chi connectivity index (χ3v) is 3.12. The fourth-order valence-corrected chi connectivity index (χ4v) is 2.07. The van der Waals surface area contributed by atoms with Crippen LogP contribution in [0, 0.1) is 6.92 Å². The number of methoxy groups -OCH3 is 1. The molecule has 1 heterocycles. The molecule has 2 rings (SSSR count). The number of hydrogen-bond acceptors (Lipinski definition) is 4. The summed E-state index contributed by atoms with van der Waals surface area (Å²) in [5.41, 5.74) is 1.84. The summed E-state index contributed by atoms with van der Waals surface area (Å²) in [6.07, 6.45) is 0. The Kier molecular flexibility index (Phi) is 3.80. The number of carbonyl (C=O) groups is 1. The zero-order valence-corrected chi connectivity index (χ0v) is 11.9. The number of nitrogens with zero attached hydrogens (tertiary/aromatic N) is 2. The lowest BCUT2D eigenvalue weighted by atomic mass is 10.1. The third-order valence-electron chi connectivity index (χ3n) is 2.62. The Bertz CT molecular complexity index is 644. The number of carboxylic acids is 1. The molecule has 1 aromatic heterocycles. The van der Waals surface area contributed by atoms with E-state index < -0.39 is 5.97 Å². The van der Waals surface area contributed by atoms with Crippen LogP contribution in [-0.2, 0) is 0 Å². The molecular weight excluding hydrogens is 312 g/mol. The van der Waals surface area contributed by atoms with Gasteiger partial charge >= 0.3 is 5.97 Å². The molecule has 1 N–H and O–H groups in total. The van der Waals surface area contributed by atoms with Crippen LogP contribution >= 0.6 is 15.9 Å². The summed E-state index contributed by atoms with van der Waals surface area (Å²) in [6, 6.07) is 7.19. The lowest BCUT2D eigenvalue weighted by Gasteiger charge is -2.09. The van der Waals surface area contributed by atoms with Gasteiger partial charge < -0.3 is 9.84 Å². The summed E-state index contributed by atoms with van der Waals surface area (Å²) in [6.45, 7) is 1.69. The summed E-state index contributed by atoms with van der Waals surface area (Å²) in [5.74, 6) is -0.433. The van der Waals surface area contributed by atoms with Crippen molar-refractivity contribution in [3.63, 3.8) is 0 Å². The minimum Gasteiger partial charge on any atom is -0.496 e. The van der Waals surface area contributed by atoms with Crippen molar-refractivity contribution in [2.45, 2.75) is 6.92 Å². The molecular formula is C13H11BrN2O3. The monoisotopic (exact) mass is 322 g/mol. The maximum Gasteiger partial charge on any atom is 0.356 e. The molecule has 0 saturated heterocycles. The molecule has 0 amide bonds. The van der Waals surface area contributed by atoms with Crippen molar-refractivity contribution in [1.29, 1.82) is 0 Å². The van der Waals surface area contributed by atoms with E-state index in [9.17, 15) is 4.79 Å². The van der Waals surface area contributed by atoms with Gasteiger partial charge in [0, 0.05) is 10.0 Å². The Hall–Kier alpha value is -1.95. The predicted molar refractivity (Wildman–Crippen MR) is 73.4 cm³/mol. The standard InChI is InChI=1S/C13H11BrN2O3/c1-7-5-10(15-16-12(7)13(17)18)9-6-8(14)3-4-11(9)19-2/h3-6H,1-2H3,(H,17,18). The summed E-state index contributed by atoms with van der Waals surface area (Å²) in [7, 11) is 1.57. The normalized spacial score (nSPS) is 10.3. The first-order valence-electron chi connectivity index (χ1n) is 5.44. The van der Waals surface area contributed by atoms with Crippen LogP contribution < -0.4 is 4.74 Å². The van der Waals surface area contributed by atoms with Crippen LogP contribution in [0.5, 0.6) is 5.75 Å². The topological polar surface area (TPSA) is 72.3 Å². The zero-order chi connectivity index (χ0) is 14.0. The van der Waals surface area contributed by atoms with Gasteiger partial charge in [-0.3, -0.25) is 0 Å². The van der Waals surface area contributed by atoms with Gasteiger partial charge in [0.25, 0.3) is 0 Å². The molecule has 2 aromatic rings. The average molecular weight is 323 g/mol. The first-order valence-corrected chi connectivity index (χ1v) is 6.23. The van der Waals surface area contributed by atoms with Crippen molar-refractivity contribution < 1.29 is 14.6 Å². The summed E-state index contributed by atoms with van der Waals surface area (Å²) in [4.78, 5) is 10.9. The zero-order valence-electron chi connectivity index (χ0n) is 10.3. The summed E-state index contributed by atoms with van der Waals surface area (Å²) >= 11 is 3.38. The van der Waals surface area contributed by atoms with Crippen molar-refractivity contribution in [1.82, 2.24) is 10.2 Å². The number of halogens is 1. The molecule has 0 aliphatic heterocycles. The minimum absolute atomic E-state index is 0.0438. The van der Waals surface area contributed by atoms with Crippen LogP contribution in [0.2, 0.25) is 0 Å². The van der Waals surface area contributed by atoms with Crippen LogP contribution in [-0.4, -0.2) is 28.4 Å². The van der Waals surface area contributed by atoms with Gasteiger partial charge in [-0.05, 0) is 36.8 Å². The van der Waals surface area contributed by atoms with Gasteiger partial charge in [-0.25, -0.2) is 4.79 Å². The fourth-order valence-electron chi connectivity index (χ4n) is 1.71. The first kappa shape index (κ1) is 13.5. The summed E-state index contributed by atoms with van der Waals surface area (Å²) < 4.78 is 6.15. The van der Waals surface area contributed by atoms with E-state index in [-0.39, 0.29) is 5.69 Å². The Morgan fingerprint density at radius 1 is 1.32 bits per heavy atom. The second kappa shape index (κ2) is 5.36. The second-order valence-corrected chi connectivity index (χ2v) is 4.83. The van der Waals surface area contributed by atoms with Gasteiger partial charge in [-0.15, -0.1) is 10.2 Å². The number of hydrogen-bond donors (Lipinski definition) is 1. The maximum atomic E-state index is 10.9. The van der Waals surface area contributed by atoms with E-state index >= 15 is 0 Å². The molecule has 0 aliphatic carbocycles. The van der Waals surface area contributed by atoms with E-state index in [1.165, 1.54) is 0 Å². The minimum atomic E-state index is -1.09. The highest BCUT2D eigenvalue weighted by molar-refractivity contribution is 9.10. The highest BCUT2D eigenvalue weighted by Crippen LogP contribution is 2.31. The van der Waals surface area contributed by atoms with Gasteiger partial charge in [0.15, 0.2) is 5.69 Å². The largest absolute Gasteiger partial charge is 0.496 e. The SMILES string of the molecule is COc1ccc(Br)cc1-c1cc(C)c(C(=O)O)nn1. The Morgan fingerprint density at radius 2 is 2.05 bits per heavy atom. The van der Waals surface area contributed by atoms with Crippen LogP contribution in [0.4, 0.5) is 0 Å². The van der Waals surface area contributed by atoms with Crippen LogP contribution in [0.15, 0.2) is 28.7 Å². The predicted octanol–water partition coefficient (Wildman–Crippen LogP) is 2.92. The number of rotatable bonds is 3. The fraction of sp³-hybridized carbons (Fsp3) is 0.154. The molecule has 6 heteroatoms. The van der Waals surface area contributed by atoms with Crippen molar-refractivity contribution in [3.05, 3.63) is 40.0 Å². The van der Waals surface area contributed by atoms with Gasteiger partial charge in [-0.2, -0.15) is 0 Å². The van der Waals surface area contributed by atoms with E-state index in [1.54, 1.807) is 20.1 Å². The molecule has 0 bridgehead atoms. The third kappa shape index (κ3) is 2.73. The molecule has 0 radical (unpaired) electrons. The molecule has 0 fully saturated rings. The molecule has 0 saturated carbocycles. The maximum absolute atomic E-state index is 10.9. The van der Waals surface area contributed by atoms with Gasteiger partial charge in [0.1, 0.15) is 5.75 Å². The molecule has 0 spiro atoms. The van der Waals surface area contributed by atoms with E-state index in [2.05, 4.69) is 26.1 Å². The Balaban J connectivity index is 2.56. The molecule has 0 atom stereocenters. The van der Waals surface area contributed by atoms with Crippen molar-refractivity contribution in [2.75, 3.05) is 7.11 Å². The Labute approximate surface area is 118 Å². The second-order valence-electron chi connectivity index (χ2n) is 3.91. The quantitative estimate of drug-likeness (QED) is 0.940. The van der Waals surface area contributed by atoms with Crippen molar-refractivity contribution >= 4 is 21.9 Å². The van der Waals surface area contributed by atoms with Crippen LogP contribution in [0.1, 0.15) is 16.1 Å².